The summed E-state index contributed by atoms with van der Waals surface area (Å²) in [5, 5.41) is 3.46. The average Bonchev–Trinajstić information content (AvgIpc) is 2.47. The van der Waals surface area contributed by atoms with Crippen LogP contribution in [0.4, 0.5) is 10.6 Å². The molecule has 1 fully saturated rings. The number of amides is 2. The smallest absolute Gasteiger partial charge is 0.314 e. The predicted molar refractivity (Wildman–Crippen MR) is 88.0 cm³/mol. The van der Waals surface area contributed by atoms with Gasteiger partial charge in [-0.25, -0.2) is 14.8 Å². The second-order valence-electron chi connectivity index (χ2n) is 6.61. The number of likely N-dealkylation sites (tertiary alicyclic amines) is 1. The normalized spacial score (nSPS) is 18.8. The number of carbonyl (C=O) groups excluding carboxylic acids is 1. The maximum atomic E-state index is 11.3. The van der Waals surface area contributed by atoms with Crippen LogP contribution in [-0.4, -0.2) is 40.0 Å². The number of piperidine rings is 1. The van der Waals surface area contributed by atoms with Crippen molar-refractivity contribution in [3.8, 4) is 0 Å². The largest absolute Gasteiger partial charge is 0.365 e. The number of hydrogen-bond acceptors (Lipinski definition) is 4. The molecule has 1 aromatic rings. The highest BCUT2D eigenvalue weighted by molar-refractivity contribution is 5.72. The molecule has 0 spiro atoms. The molecule has 0 saturated carbocycles. The van der Waals surface area contributed by atoms with Gasteiger partial charge in [0.05, 0.1) is 0 Å². The predicted octanol–water partition coefficient (Wildman–Crippen LogP) is 2.68. The van der Waals surface area contributed by atoms with Crippen molar-refractivity contribution in [2.75, 3.05) is 18.4 Å². The van der Waals surface area contributed by atoms with Gasteiger partial charge in [0, 0.05) is 36.8 Å². The van der Waals surface area contributed by atoms with Crippen molar-refractivity contribution in [1.29, 1.82) is 0 Å². The summed E-state index contributed by atoms with van der Waals surface area (Å²) in [6.45, 7) is 9.83. The third kappa shape index (κ3) is 4.08. The van der Waals surface area contributed by atoms with Crippen LogP contribution in [0.15, 0.2) is 6.07 Å². The first-order valence-electron chi connectivity index (χ1n) is 8.06. The monoisotopic (exact) mass is 305 g/mol. The van der Waals surface area contributed by atoms with Crippen molar-refractivity contribution >= 4 is 11.8 Å². The van der Waals surface area contributed by atoms with Crippen molar-refractivity contribution in [3.05, 3.63) is 17.6 Å². The van der Waals surface area contributed by atoms with E-state index in [1.165, 1.54) is 0 Å². The van der Waals surface area contributed by atoms with Gasteiger partial charge in [0.25, 0.3) is 0 Å². The van der Waals surface area contributed by atoms with Gasteiger partial charge < -0.3 is 16.0 Å². The second-order valence-corrected chi connectivity index (χ2v) is 6.61. The topological polar surface area (TPSA) is 84.1 Å². The van der Waals surface area contributed by atoms with Gasteiger partial charge >= 0.3 is 6.03 Å². The highest BCUT2D eigenvalue weighted by Gasteiger charge is 2.22. The molecule has 1 saturated heterocycles. The van der Waals surface area contributed by atoms with Crippen LogP contribution in [0.2, 0.25) is 0 Å². The Morgan fingerprint density at radius 3 is 2.64 bits per heavy atom. The van der Waals surface area contributed by atoms with E-state index in [1.807, 2.05) is 6.07 Å². The number of anilines is 1. The summed E-state index contributed by atoms with van der Waals surface area (Å²) in [5.74, 6) is 2.34. The van der Waals surface area contributed by atoms with Gasteiger partial charge in [0.15, 0.2) is 0 Å². The number of rotatable bonds is 4. The summed E-state index contributed by atoms with van der Waals surface area (Å²) in [4.78, 5) is 22.3. The number of urea groups is 1. The first-order valence-corrected chi connectivity index (χ1v) is 8.06. The maximum absolute atomic E-state index is 11.3. The fourth-order valence-electron chi connectivity index (χ4n) is 2.62. The molecule has 0 aliphatic carbocycles. The number of nitrogens with zero attached hydrogens (tertiary/aromatic N) is 3. The molecule has 3 N–H and O–H groups in total. The van der Waals surface area contributed by atoms with E-state index < -0.39 is 0 Å². The Hall–Kier alpha value is -1.85. The number of carbonyl (C=O) groups is 1. The van der Waals surface area contributed by atoms with E-state index in [1.54, 1.807) is 4.90 Å². The fourth-order valence-corrected chi connectivity index (χ4v) is 2.62. The minimum atomic E-state index is -0.347. The molecule has 0 unspecified atom stereocenters. The fraction of sp³-hybridized carbons (Fsp3) is 0.688. The number of nitrogens with one attached hydrogen (secondary N) is 1. The van der Waals surface area contributed by atoms with E-state index in [0.717, 1.165) is 36.7 Å². The van der Waals surface area contributed by atoms with Gasteiger partial charge in [-0.05, 0) is 18.8 Å². The van der Waals surface area contributed by atoms with Gasteiger partial charge in [0.2, 0.25) is 0 Å². The van der Waals surface area contributed by atoms with Gasteiger partial charge in [-0.15, -0.1) is 0 Å². The minimum Gasteiger partial charge on any atom is -0.365 e. The highest BCUT2D eigenvalue weighted by Crippen LogP contribution is 2.21. The Morgan fingerprint density at radius 2 is 2.05 bits per heavy atom. The molecule has 122 valence electrons. The third-order valence-corrected chi connectivity index (χ3v) is 3.96. The zero-order valence-electron chi connectivity index (χ0n) is 14.0. The molecule has 0 radical (unpaired) electrons. The SMILES string of the molecule is CC(C)c1cc(N[C@@H]2CCCN(C(N)=O)C2)nc(C(C)C)n1. The summed E-state index contributed by atoms with van der Waals surface area (Å²) < 4.78 is 0. The van der Waals surface area contributed by atoms with E-state index in [0.29, 0.717) is 12.5 Å². The lowest BCUT2D eigenvalue weighted by atomic mass is 10.1. The van der Waals surface area contributed by atoms with Gasteiger partial charge in [0.1, 0.15) is 11.6 Å². The maximum Gasteiger partial charge on any atom is 0.314 e. The first kappa shape index (κ1) is 16.5. The van der Waals surface area contributed by atoms with Crippen LogP contribution in [-0.2, 0) is 0 Å². The Morgan fingerprint density at radius 1 is 1.32 bits per heavy atom. The van der Waals surface area contributed by atoms with Crippen LogP contribution in [0.25, 0.3) is 0 Å². The number of primary amides is 1. The van der Waals surface area contributed by atoms with Crippen LogP contribution in [0, 0.1) is 0 Å². The van der Waals surface area contributed by atoms with Crippen LogP contribution in [0.3, 0.4) is 0 Å². The Bertz CT molecular complexity index is 503. The molecule has 0 aromatic carbocycles. The Balaban J connectivity index is 2.16. The minimum absolute atomic E-state index is 0.191. The molecule has 1 aliphatic rings. The Kier molecular flexibility index (Phi) is 5.21. The molecule has 2 amide bonds. The molecule has 1 atom stereocenters. The molecule has 2 heterocycles. The quantitative estimate of drug-likeness (QED) is 0.895. The van der Waals surface area contributed by atoms with Crippen molar-refractivity contribution < 1.29 is 4.79 Å². The standard InChI is InChI=1S/C16H27N5O/c1-10(2)13-8-14(20-15(19-13)11(3)4)18-12-6-5-7-21(9-12)16(17)22/h8,10-12H,5-7,9H2,1-4H3,(H2,17,22)(H,18,19,20)/t12-/m1/s1. The van der Waals surface area contributed by atoms with Crippen LogP contribution in [0.1, 0.15) is 63.9 Å². The van der Waals surface area contributed by atoms with Crippen LogP contribution < -0.4 is 11.1 Å². The average molecular weight is 305 g/mol. The summed E-state index contributed by atoms with van der Waals surface area (Å²) in [5.41, 5.74) is 6.43. The van der Waals surface area contributed by atoms with E-state index >= 15 is 0 Å². The summed E-state index contributed by atoms with van der Waals surface area (Å²) >= 11 is 0. The molecule has 22 heavy (non-hydrogen) atoms. The van der Waals surface area contributed by atoms with Crippen LogP contribution >= 0.6 is 0 Å². The van der Waals surface area contributed by atoms with Crippen molar-refractivity contribution in [2.45, 2.75) is 58.4 Å². The summed E-state index contributed by atoms with van der Waals surface area (Å²) in [6.07, 6.45) is 1.97. The van der Waals surface area contributed by atoms with E-state index in [4.69, 9.17) is 5.73 Å². The molecule has 2 rings (SSSR count). The zero-order valence-corrected chi connectivity index (χ0v) is 14.0. The third-order valence-electron chi connectivity index (χ3n) is 3.96. The van der Waals surface area contributed by atoms with E-state index in [2.05, 4.69) is 43.0 Å². The van der Waals surface area contributed by atoms with Gasteiger partial charge in [-0.3, -0.25) is 0 Å². The number of nitrogens with two attached hydrogens (primary N) is 1. The molecule has 1 aliphatic heterocycles. The zero-order chi connectivity index (χ0) is 16.3. The van der Waals surface area contributed by atoms with Crippen molar-refractivity contribution in [2.24, 2.45) is 5.73 Å². The summed E-state index contributed by atoms with van der Waals surface area (Å²) in [7, 11) is 0. The number of aromatic nitrogens is 2. The molecule has 0 bridgehead atoms. The van der Waals surface area contributed by atoms with E-state index in [-0.39, 0.29) is 18.0 Å². The number of hydrogen-bond donors (Lipinski definition) is 2. The van der Waals surface area contributed by atoms with E-state index in [9.17, 15) is 4.79 Å². The lowest BCUT2D eigenvalue weighted by Crippen LogP contribution is -2.47. The summed E-state index contributed by atoms with van der Waals surface area (Å²) in [6, 6.07) is 1.86. The molecular formula is C16H27N5O. The second kappa shape index (κ2) is 6.94. The molecule has 6 nitrogen and oxygen atoms in total. The lowest BCUT2D eigenvalue weighted by Gasteiger charge is -2.32. The van der Waals surface area contributed by atoms with Gasteiger partial charge in [-0.1, -0.05) is 27.7 Å². The lowest BCUT2D eigenvalue weighted by molar-refractivity contribution is 0.192. The molecular weight excluding hydrogens is 278 g/mol. The Labute approximate surface area is 132 Å². The van der Waals surface area contributed by atoms with Crippen LogP contribution in [0.5, 0.6) is 0 Å². The molecule has 1 aromatic heterocycles. The van der Waals surface area contributed by atoms with Crippen molar-refractivity contribution in [3.63, 3.8) is 0 Å². The molecule has 6 heteroatoms. The van der Waals surface area contributed by atoms with Crippen molar-refractivity contribution in [1.82, 2.24) is 14.9 Å². The highest BCUT2D eigenvalue weighted by atomic mass is 16.2. The van der Waals surface area contributed by atoms with Gasteiger partial charge in [-0.2, -0.15) is 0 Å². The first-order chi connectivity index (χ1) is 10.4.